The van der Waals surface area contributed by atoms with Crippen molar-refractivity contribution in [1.29, 1.82) is 0 Å². The maximum absolute atomic E-state index is 13.5. The van der Waals surface area contributed by atoms with Crippen LogP contribution in [0.5, 0.6) is 0 Å². The number of hydrogen-bond acceptors (Lipinski definition) is 8. The molecule has 0 aliphatic carbocycles. The summed E-state index contributed by atoms with van der Waals surface area (Å²) in [7, 11) is -6.73. The first-order chi connectivity index (χ1) is 13.8. The molecule has 1 unspecified atom stereocenters. The first kappa shape index (κ1) is 28.8. The molecule has 0 rings (SSSR count). The molecule has 31 heavy (non-hydrogen) atoms. The van der Waals surface area contributed by atoms with Gasteiger partial charge in [0.2, 0.25) is 0 Å². The van der Waals surface area contributed by atoms with Gasteiger partial charge in [-0.15, -0.1) is 0 Å². The summed E-state index contributed by atoms with van der Waals surface area (Å²) < 4.78 is 136. The summed E-state index contributed by atoms with van der Waals surface area (Å²) >= 11 is 0. The maximum Gasteiger partial charge on any atom is 0.468 e. The van der Waals surface area contributed by atoms with Gasteiger partial charge in [-0.2, -0.15) is 30.7 Å². The lowest BCUT2D eigenvalue weighted by Gasteiger charge is -2.32. The number of carbonyl (C=O) groups excluding carboxylic acids is 2. The number of halogens is 7. The highest BCUT2D eigenvalue weighted by atomic mass is 32.2. The Morgan fingerprint density at radius 2 is 1.58 bits per heavy atom. The van der Waals surface area contributed by atoms with Crippen molar-refractivity contribution in [2.45, 2.75) is 49.3 Å². The highest BCUT2D eigenvalue weighted by Gasteiger charge is 2.68. The fourth-order valence-corrected chi connectivity index (χ4v) is 2.22. The fraction of sp³-hybridized carbons (Fsp3) is 0.600. The molecule has 0 aromatic heterocycles. The van der Waals surface area contributed by atoms with Gasteiger partial charge < -0.3 is 18.8 Å². The van der Waals surface area contributed by atoms with Gasteiger partial charge in [0.1, 0.15) is 0 Å². The second-order valence-corrected chi connectivity index (χ2v) is 7.26. The summed E-state index contributed by atoms with van der Waals surface area (Å²) in [5, 5.41) is -5.97. The predicted octanol–water partition coefficient (Wildman–Crippen LogP) is 3.01. The van der Waals surface area contributed by atoms with Gasteiger partial charge in [-0.25, -0.2) is 18.0 Å². The van der Waals surface area contributed by atoms with E-state index in [0.29, 0.717) is 0 Å². The van der Waals surface area contributed by atoms with Gasteiger partial charge in [-0.3, -0.25) is 0 Å². The van der Waals surface area contributed by atoms with Crippen LogP contribution in [0.15, 0.2) is 25.0 Å². The van der Waals surface area contributed by atoms with Crippen LogP contribution in [0.2, 0.25) is 0 Å². The topological polar surface area (TPSA) is 119 Å². The van der Waals surface area contributed by atoms with Crippen molar-refractivity contribution in [2.75, 3.05) is 6.61 Å². The molecule has 0 heterocycles. The molecule has 0 aromatic rings. The van der Waals surface area contributed by atoms with Crippen molar-refractivity contribution in [3.63, 3.8) is 0 Å². The molecule has 0 aliphatic heterocycles. The lowest BCUT2D eigenvalue weighted by Crippen LogP contribution is -2.58. The normalized spacial score (nSPS) is 15.0. The van der Waals surface area contributed by atoms with E-state index in [2.05, 4.69) is 27.4 Å². The third kappa shape index (κ3) is 6.64. The van der Waals surface area contributed by atoms with Gasteiger partial charge in [0, 0.05) is 12.0 Å². The van der Waals surface area contributed by atoms with Crippen molar-refractivity contribution in [3.05, 3.63) is 25.0 Å². The van der Waals surface area contributed by atoms with E-state index < -0.39 is 76.6 Å². The number of ether oxygens (including phenoxy) is 3. The summed E-state index contributed by atoms with van der Waals surface area (Å²) in [6, 6.07) is 0. The molecule has 8 nitrogen and oxygen atoms in total. The van der Waals surface area contributed by atoms with Crippen molar-refractivity contribution in [1.82, 2.24) is 0 Å². The average Bonchev–Trinajstić information content (AvgIpc) is 2.57. The Balaban J connectivity index is 5.46. The Hall–Kier alpha value is -2.20. The van der Waals surface area contributed by atoms with E-state index in [1.54, 1.807) is 0 Å². The molecule has 0 bridgehead atoms. The van der Waals surface area contributed by atoms with Crippen molar-refractivity contribution < 1.29 is 67.5 Å². The quantitative estimate of drug-likeness (QED) is 0.0781. The second kappa shape index (κ2) is 9.95. The van der Waals surface area contributed by atoms with Crippen LogP contribution in [0, 0.1) is 0 Å². The number of unbranched alkanes of at least 4 members (excludes halogenated alkanes) is 1. The van der Waals surface area contributed by atoms with Crippen molar-refractivity contribution in [3.8, 4) is 0 Å². The second-order valence-electron chi connectivity index (χ2n) is 5.84. The van der Waals surface area contributed by atoms with E-state index >= 15 is 0 Å². The minimum absolute atomic E-state index is 0.243. The molecular weight excluding hydrogens is 473 g/mol. The summed E-state index contributed by atoms with van der Waals surface area (Å²) in [5.74, 6) is -13.8. The van der Waals surface area contributed by atoms with Crippen LogP contribution in [0.25, 0.3) is 0 Å². The summed E-state index contributed by atoms with van der Waals surface area (Å²) in [4.78, 5) is 23.3. The van der Waals surface area contributed by atoms with E-state index in [4.69, 9.17) is 0 Å². The molecule has 0 amide bonds. The molecule has 0 saturated carbocycles. The Morgan fingerprint density at radius 1 is 1.06 bits per heavy atom. The fourth-order valence-electron chi connectivity index (χ4n) is 1.75. The highest BCUT2D eigenvalue weighted by molar-refractivity contribution is 7.86. The van der Waals surface area contributed by atoms with Gasteiger partial charge >= 0.3 is 35.1 Å². The number of alkyl halides is 7. The minimum atomic E-state index is -6.73. The monoisotopic (exact) mass is 489 g/mol. The van der Waals surface area contributed by atoms with Crippen LogP contribution in [-0.4, -0.2) is 54.7 Å². The van der Waals surface area contributed by atoms with Crippen LogP contribution in [0.3, 0.4) is 0 Å². The SMILES string of the molecule is C=COC(=O)C(OCCCCC(F)(F)C(F)(F)S(=O)(=O)[O-])(OC(=O)C(=C)C)C(F)(F)F. The van der Waals surface area contributed by atoms with E-state index in [0.717, 1.165) is 6.92 Å². The van der Waals surface area contributed by atoms with Gasteiger partial charge in [-0.1, -0.05) is 13.2 Å². The standard InChI is InChI=1S/C15H17F7O8S/c1-4-28-11(24)13(14(18,19)20,30-10(23)9(2)3)29-8-6-5-7-12(16,17)15(21,22)31(25,26)27/h4H,1-2,5-8H2,3H3,(H,25,26,27)/p-1. The van der Waals surface area contributed by atoms with Crippen LogP contribution >= 0.6 is 0 Å². The summed E-state index contributed by atoms with van der Waals surface area (Å²) in [5.41, 5.74) is -0.593. The third-order valence-electron chi connectivity index (χ3n) is 3.35. The third-order valence-corrected chi connectivity index (χ3v) is 4.27. The Morgan fingerprint density at radius 3 is 1.97 bits per heavy atom. The van der Waals surface area contributed by atoms with Crippen molar-refractivity contribution in [2.24, 2.45) is 0 Å². The molecule has 0 spiro atoms. The zero-order chi connectivity index (χ0) is 24.9. The van der Waals surface area contributed by atoms with Crippen LogP contribution in [0.4, 0.5) is 30.7 Å². The number of esters is 2. The molecular formula is C15H16F7O8S-. The molecule has 0 radical (unpaired) electrons. The minimum Gasteiger partial charge on any atom is -0.743 e. The highest BCUT2D eigenvalue weighted by Crippen LogP contribution is 2.42. The first-order valence-corrected chi connectivity index (χ1v) is 9.30. The zero-order valence-electron chi connectivity index (χ0n) is 15.6. The van der Waals surface area contributed by atoms with Crippen LogP contribution < -0.4 is 0 Å². The van der Waals surface area contributed by atoms with E-state index in [1.165, 1.54) is 0 Å². The Labute approximate surface area is 171 Å². The van der Waals surface area contributed by atoms with Crippen LogP contribution in [-0.2, 0) is 33.9 Å². The van der Waals surface area contributed by atoms with Gasteiger partial charge in [0.05, 0.1) is 12.9 Å². The van der Waals surface area contributed by atoms with Gasteiger partial charge in [0.25, 0.3) is 0 Å². The molecule has 0 saturated heterocycles. The summed E-state index contributed by atoms with van der Waals surface area (Å²) in [6.45, 7) is 5.49. The smallest absolute Gasteiger partial charge is 0.468 e. The summed E-state index contributed by atoms with van der Waals surface area (Å²) in [6.07, 6.45) is -9.43. The average molecular weight is 489 g/mol. The van der Waals surface area contributed by atoms with E-state index in [1.807, 2.05) is 0 Å². The van der Waals surface area contributed by atoms with Gasteiger partial charge in [0.15, 0.2) is 10.1 Å². The molecule has 180 valence electrons. The molecule has 16 heteroatoms. The van der Waals surface area contributed by atoms with E-state index in [9.17, 15) is 53.3 Å². The van der Waals surface area contributed by atoms with Gasteiger partial charge in [-0.05, 0) is 19.8 Å². The molecule has 0 aromatic carbocycles. The predicted molar refractivity (Wildman–Crippen MR) is 85.4 cm³/mol. The molecule has 0 N–H and O–H groups in total. The first-order valence-electron chi connectivity index (χ1n) is 7.89. The Bertz CT molecular complexity index is 807. The lowest BCUT2D eigenvalue weighted by atomic mass is 10.1. The number of carbonyl (C=O) groups is 2. The largest absolute Gasteiger partial charge is 0.743 e. The Kier molecular flexibility index (Phi) is 9.24. The molecule has 0 fully saturated rings. The van der Waals surface area contributed by atoms with Crippen LogP contribution in [0.1, 0.15) is 26.2 Å². The number of rotatable bonds is 12. The molecule has 0 aliphatic rings. The van der Waals surface area contributed by atoms with Crippen molar-refractivity contribution >= 4 is 22.1 Å². The number of hydrogen-bond donors (Lipinski definition) is 0. The zero-order valence-corrected chi connectivity index (χ0v) is 16.5. The van der Waals surface area contributed by atoms with E-state index in [-0.39, 0.29) is 6.26 Å². The molecule has 1 atom stereocenters. The lowest BCUT2D eigenvalue weighted by molar-refractivity contribution is -0.353. The maximum atomic E-state index is 13.5.